The molecule has 0 atom stereocenters. The van der Waals surface area contributed by atoms with E-state index in [1.165, 1.54) is 6.42 Å². The number of nitrogens with one attached hydrogen (secondary N) is 1. The number of benzene rings is 1. The molecule has 0 spiro atoms. The number of para-hydroxylation sites is 2. The highest BCUT2D eigenvalue weighted by Crippen LogP contribution is 2.23. The standard InChI is InChI=1S/C25H34N4O2/c1-3-17-28(18-4-2)24(30)19-29-22-14-9-8-13-21(22)27-23(29)15-10-16-26-25(31)20-11-6-5-7-12-20/h3-4,8-9,13-14,20H,1-2,5-7,10-12,15-19H2,(H,26,31). The van der Waals surface area contributed by atoms with Crippen LogP contribution in [0, 0.1) is 5.92 Å². The molecule has 6 nitrogen and oxygen atoms in total. The smallest absolute Gasteiger partial charge is 0.243 e. The molecule has 1 saturated carbocycles. The fraction of sp³-hybridized carbons (Fsp3) is 0.480. The van der Waals surface area contributed by atoms with Crippen molar-refractivity contribution in [1.29, 1.82) is 0 Å². The van der Waals surface area contributed by atoms with Gasteiger partial charge in [-0.2, -0.15) is 0 Å². The van der Waals surface area contributed by atoms with Crippen molar-refractivity contribution >= 4 is 22.8 Å². The predicted molar refractivity (Wildman–Crippen MR) is 125 cm³/mol. The highest BCUT2D eigenvalue weighted by atomic mass is 16.2. The van der Waals surface area contributed by atoms with Gasteiger partial charge in [0.15, 0.2) is 0 Å². The van der Waals surface area contributed by atoms with Gasteiger partial charge in [0.2, 0.25) is 11.8 Å². The second kappa shape index (κ2) is 11.5. The van der Waals surface area contributed by atoms with Crippen molar-refractivity contribution in [2.45, 2.75) is 51.5 Å². The third kappa shape index (κ3) is 6.06. The van der Waals surface area contributed by atoms with Crippen LogP contribution in [-0.2, 0) is 22.6 Å². The number of carbonyl (C=O) groups excluding carboxylic acids is 2. The molecule has 2 amide bonds. The van der Waals surface area contributed by atoms with Crippen molar-refractivity contribution in [3.8, 4) is 0 Å². The number of fused-ring (bicyclic) bond motifs is 1. The summed E-state index contributed by atoms with van der Waals surface area (Å²) in [5, 5.41) is 3.10. The van der Waals surface area contributed by atoms with Crippen LogP contribution in [0.15, 0.2) is 49.6 Å². The molecule has 1 aromatic carbocycles. The van der Waals surface area contributed by atoms with Crippen molar-refractivity contribution in [3.05, 3.63) is 55.4 Å². The molecule has 0 unspecified atom stereocenters. The van der Waals surface area contributed by atoms with Crippen LogP contribution < -0.4 is 5.32 Å². The summed E-state index contributed by atoms with van der Waals surface area (Å²) in [6.45, 7) is 9.32. The van der Waals surface area contributed by atoms with Gasteiger partial charge in [-0.1, -0.05) is 43.5 Å². The number of rotatable bonds is 11. The Morgan fingerprint density at radius 3 is 2.55 bits per heavy atom. The van der Waals surface area contributed by atoms with Crippen LogP contribution in [0.2, 0.25) is 0 Å². The summed E-state index contributed by atoms with van der Waals surface area (Å²) in [6, 6.07) is 7.88. The van der Waals surface area contributed by atoms with Gasteiger partial charge in [0.05, 0.1) is 11.0 Å². The average molecular weight is 423 g/mol. The molecule has 0 radical (unpaired) electrons. The largest absolute Gasteiger partial charge is 0.356 e. The molecule has 1 aromatic heterocycles. The predicted octanol–water partition coefficient (Wildman–Crippen LogP) is 3.87. The first-order valence-corrected chi connectivity index (χ1v) is 11.4. The Balaban J connectivity index is 1.64. The van der Waals surface area contributed by atoms with Gasteiger partial charge in [-0.05, 0) is 31.4 Å². The number of carbonyl (C=O) groups is 2. The number of nitrogens with zero attached hydrogens (tertiary/aromatic N) is 3. The first-order valence-electron chi connectivity index (χ1n) is 11.4. The fourth-order valence-electron chi connectivity index (χ4n) is 4.28. The summed E-state index contributed by atoms with van der Waals surface area (Å²) in [5.74, 6) is 1.25. The summed E-state index contributed by atoms with van der Waals surface area (Å²) in [4.78, 5) is 31.8. The molecule has 0 bridgehead atoms. The van der Waals surface area contributed by atoms with Gasteiger partial charge < -0.3 is 14.8 Å². The van der Waals surface area contributed by atoms with E-state index in [0.29, 0.717) is 26.1 Å². The van der Waals surface area contributed by atoms with Gasteiger partial charge >= 0.3 is 0 Å². The van der Waals surface area contributed by atoms with E-state index in [4.69, 9.17) is 4.98 Å². The fourth-order valence-corrected chi connectivity index (χ4v) is 4.28. The van der Waals surface area contributed by atoms with Gasteiger partial charge in [0.1, 0.15) is 12.4 Å². The second-order valence-electron chi connectivity index (χ2n) is 8.21. The summed E-state index contributed by atoms with van der Waals surface area (Å²) in [7, 11) is 0. The Hall–Kier alpha value is -2.89. The lowest BCUT2D eigenvalue weighted by Crippen LogP contribution is -2.34. The van der Waals surface area contributed by atoms with E-state index < -0.39 is 0 Å². The number of imidazole rings is 1. The molecule has 1 aliphatic rings. The third-order valence-electron chi connectivity index (χ3n) is 5.93. The number of aryl methyl sites for hydroxylation is 1. The van der Waals surface area contributed by atoms with E-state index in [-0.39, 0.29) is 24.3 Å². The minimum absolute atomic E-state index is 0.00908. The molecule has 2 aromatic rings. The van der Waals surface area contributed by atoms with Crippen LogP contribution in [0.4, 0.5) is 0 Å². The minimum atomic E-state index is 0.00908. The maximum Gasteiger partial charge on any atom is 0.243 e. The highest BCUT2D eigenvalue weighted by Gasteiger charge is 2.21. The molecule has 1 N–H and O–H groups in total. The molecule has 166 valence electrons. The van der Waals surface area contributed by atoms with E-state index >= 15 is 0 Å². The van der Waals surface area contributed by atoms with Crippen LogP contribution >= 0.6 is 0 Å². The van der Waals surface area contributed by atoms with Crippen molar-refractivity contribution in [2.24, 2.45) is 5.92 Å². The molecule has 3 rings (SSSR count). The monoisotopic (exact) mass is 422 g/mol. The van der Waals surface area contributed by atoms with Crippen molar-refractivity contribution < 1.29 is 9.59 Å². The van der Waals surface area contributed by atoms with Gasteiger partial charge in [-0.3, -0.25) is 9.59 Å². The normalized spacial score (nSPS) is 14.3. The Labute approximate surface area is 185 Å². The summed E-state index contributed by atoms with van der Waals surface area (Å²) >= 11 is 0. The first kappa shape index (κ1) is 22.8. The third-order valence-corrected chi connectivity index (χ3v) is 5.93. The topological polar surface area (TPSA) is 67.2 Å². The maximum absolute atomic E-state index is 12.9. The van der Waals surface area contributed by atoms with Crippen molar-refractivity contribution in [2.75, 3.05) is 19.6 Å². The Bertz CT molecular complexity index is 901. The quantitative estimate of drug-likeness (QED) is 0.442. The highest BCUT2D eigenvalue weighted by molar-refractivity contribution is 5.81. The first-order chi connectivity index (χ1) is 15.1. The van der Waals surface area contributed by atoms with E-state index in [2.05, 4.69) is 18.5 Å². The lowest BCUT2D eigenvalue weighted by molar-refractivity contribution is -0.130. The maximum atomic E-state index is 12.9. The molecule has 1 fully saturated rings. The van der Waals surface area contributed by atoms with E-state index in [0.717, 1.165) is 49.0 Å². The van der Waals surface area contributed by atoms with Crippen LogP contribution in [-0.4, -0.2) is 45.9 Å². The van der Waals surface area contributed by atoms with E-state index in [9.17, 15) is 9.59 Å². The van der Waals surface area contributed by atoms with Crippen molar-refractivity contribution in [1.82, 2.24) is 19.8 Å². The number of amides is 2. The lowest BCUT2D eigenvalue weighted by atomic mass is 9.89. The van der Waals surface area contributed by atoms with Crippen LogP contribution in [0.5, 0.6) is 0 Å². The van der Waals surface area contributed by atoms with Crippen molar-refractivity contribution in [3.63, 3.8) is 0 Å². The number of hydrogen-bond donors (Lipinski definition) is 1. The molecule has 1 aliphatic carbocycles. The van der Waals surface area contributed by atoms with Crippen LogP contribution in [0.25, 0.3) is 11.0 Å². The van der Waals surface area contributed by atoms with E-state index in [1.54, 1.807) is 17.1 Å². The van der Waals surface area contributed by atoms with Gasteiger partial charge in [-0.25, -0.2) is 4.98 Å². The SMILES string of the molecule is C=CCN(CC=C)C(=O)Cn1c(CCCNC(=O)C2CCCCC2)nc2ccccc21. The van der Waals surface area contributed by atoms with Gasteiger partial charge in [0.25, 0.3) is 0 Å². The summed E-state index contributed by atoms with van der Waals surface area (Å²) in [5.41, 5.74) is 1.84. The average Bonchev–Trinajstić information content (AvgIpc) is 3.14. The second-order valence-corrected chi connectivity index (χ2v) is 8.21. The van der Waals surface area contributed by atoms with Gasteiger partial charge in [0, 0.05) is 32.0 Å². The molecule has 0 saturated heterocycles. The molecule has 6 heteroatoms. The zero-order chi connectivity index (χ0) is 22.1. The molecular formula is C25H34N4O2. The zero-order valence-electron chi connectivity index (χ0n) is 18.4. The van der Waals surface area contributed by atoms with Crippen LogP contribution in [0.1, 0.15) is 44.3 Å². The Kier molecular flexibility index (Phi) is 8.44. The summed E-state index contributed by atoms with van der Waals surface area (Å²) < 4.78 is 2.00. The minimum Gasteiger partial charge on any atom is -0.356 e. The molecule has 31 heavy (non-hydrogen) atoms. The number of aromatic nitrogens is 2. The van der Waals surface area contributed by atoms with Crippen LogP contribution in [0.3, 0.4) is 0 Å². The Morgan fingerprint density at radius 2 is 1.84 bits per heavy atom. The zero-order valence-corrected chi connectivity index (χ0v) is 18.4. The molecular weight excluding hydrogens is 388 g/mol. The van der Waals surface area contributed by atoms with E-state index in [1.807, 2.05) is 28.8 Å². The number of hydrogen-bond acceptors (Lipinski definition) is 3. The lowest BCUT2D eigenvalue weighted by Gasteiger charge is -2.21. The summed E-state index contributed by atoms with van der Waals surface area (Å²) in [6.07, 6.45) is 10.5. The van der Waals surface area contributed by atoms with Gasteiger partial charge in [-0.15, -0.1) is 13.2 Å². The molecule has 0 aliphatic heterocycles. The Morgan fingerprint density at radius 1 is 1.13 bits per heavy atom. The molecule has 1 heterocycles.